The molecule has 1 saturated heterocycles. The van der Waals surface area contributed by atoms with Gasteiger partial charge in [0.1, 0.15) is 54.6 Å². The topological polar surface area (TPSA) is 397 Å². The van der Waals surface area contributed by atoms with Crippen LogP contribution in [-0.2, 0) is 45.3 Å². The van der Waals surface area contributed by atoms with Crippen molar-refractivity contribution in [1.29, 1.82) is 0 Å². The molecule has 462 valence electrons. The SMILES string of the molecule is CCCCCCCCCCCCOS(=O)(=O)[O-].C[C@]12CCC3c4ccc(OC(=O)c5ccccc5)cc4CCC3C1CC[C@H]2O.O=C([O-])c1ccc(S(=O)(=O)NCl)cc1.O=C[C@H](O)[C@@H](O)[C@H](O[C@@H]1O[C@H](CO)[C@H](O)[C@H](O)[C@@H]1O)[C@H](O)CO.[Na+].[Na+].[Na+]. The van der Waals surface area contributed by atoms with Gasteiger partial charge in [0.2, 0.25) is 10.4 Å². The molecule has 4 aliphatic rings. The van der Waals surface area contributed by atoms with Crippen molar-refractivity contribution in [3.63, 3.8) is 0 Å². The summed E-state index contributed by atoms with van der Waals surface area (Å²) in [6.45, 7) is 2.92. The third-order valence-corrected chi connectivity index (χ3v) is 17.8. The Morgan fingerprint density at radius 1 is 0.800 bits per heavy atom. The largest absolute Gasteiger partial charge is 1.00 e. The van der Waals surface area contributed by atoms with Gasteiger partial charge in [0.05, 0.1) is 42.4 Å². The Kier molecular flexibility index (Phi) is 39.2. The zero-order chi connectivity index (χ0) is 60.8. The first kappa shape index (κ1) is 81.9. The van der Waals surface area contributed by atoms with Crippen molar-refractivity contribution in [1.82, 2.24) is 4.24 Å². The Labute approximate surface area is 569 Å². The van der Waals surface area contributed by atoms with E-state index in [0.717, 1.165) is 62.8 Å². The molecule has 0 spiro atoms. The van der Waals surface area contributed by atoms with Gasteiger partial charge < -0.3 is 79.4 Å². The zero-order valence-electron chi connectivity index (χ0n) is 49.0. The number of benzene rings is 3. The molecule has 7 rings (SSSR count). The molecule has 2 saturated carbocycles. The molecule has 0 aromatic heterocycles. The number of ether oxygens (including phenoxy) is 3. The number of aromatic carboxylic acids is 1. The van der Waals surface area contributed by atoms with Crippen LogP contribution in [0.5, 0.6) is 5.75 Å². The van der Waals surface area contributed by atoms with Crippen LogP contribution in [0.3, 0.4) is 0 Å². The number of sulfonamides is 1. The van der Waals surface area contributed by atoms with Gasteiger partial charge in [0.25, 0.3) is 10.0 Å². The van der Waals surface area contributed by atoms with Crippen LogP contribution in [0.2, 0.25) is 0 Å². The fourth-order valence-corrected chi connectivity index (χ4v) is 12.2. The summed E-state index contributed by atoms with van der Waals surface area (Å²) >= 11 is 4.96. The number of carboxylic acid groups (broad SMARTS) is 1. The first-order valence-corrected chi connectivity index (χ1v) is 30.8. The van der Waals surface area contributed by atoms with E-state index in [1.54, 1.807) is 16.4 Å². The maximum atomic E-state index is 12.4. The van der Waals surface area contributed by atoms with Crippen molar-refractivity contribution >= 4 is 50.4 Å². The molecule has 1 aliphatic heterocycles. The number of carbonyl (C=O) groups is 3. The number of aldehydes is 1. The van der Waals surface area contributed by atoms with Gasteiger partial charge in [-0.05, 0) is 133 Å². The van der Waals surface area contributed by atoms with E-state index < -0.39 is 94.7 Å². The third kappa shape index (κ3) is 25.1. The third-order valence-electron chi connectivity index (χ3n) is 15.6. The van der Waals surface area contributed by atoms with E-state index in [0.29, 0.717) is 35.5 Å². The van der Waals surface area contributed by atoms with Crippen LogP contribution in [0.1, 0.15) is 148 Å². The van der Waals surface area contributed by atoms with Crippen molar-refractivity contribution in [3.05, 3.63) is 95.1 Å². The minimum Gasteiger partial charge on any atom is -0.726 e. The predicted molar refractivity (Wildman–Crippen MR) is 293 cm³/mol. The summed E-state index contributed by atoms with van der Waals surface area (Å²) in [6, 6.07) is 19.8. The van der Waals surface area contributed by atoms with Gasteiger partial charge in [-0.15, -0.1) is 4.24 Å². The smallest absolute Gasteiger partial charge is 0.726 e. The number of carbonyl (C=O) groups excluding carboxylic acids is 3. The van der Waals surface area contributed by atoms with E-state index in [4.69, 9.17) is 36.2 Å². The second-order valence-corrected chi connectivity index (χ2v) is 24.3. The number of halogens is 1. The Bertz CT molecular complexity index is 2650. The Balaban J connectivity index is 0.000000580. The number of hydrogen-bond donors (Lipinski definition) is 10. The molecule has 29 heteroatoms. The number of aliphatic hydroxyl groups is 9. The Hall–Kier alpha value is -1.10. The summed E-state index contributed by atoms with van der Waals surface area (Å²) in [6.07, 6.45) is 2.50. The van der Waals surface area contributed by atoms with Gasteiger partial charge in [0.15, 0.2) is 12.6 Å². The quantitative estimate of drug-likeness (QED) is 0.00551. The summed E-state index contributed by atoms with van der Waals surface area (Å²) in [5.41, 5.74) is 3.37. The number of aryl methyl sites for hydroxylation is 1. The molecule has 0 bridgehead atoms. The number of aliphatic hydroxyl groups excluding tert-OH is 9. The monoisotopic (exact) mass is 1290 g/mol. The average molecular weight is 1290 g/mol. The van der Waals surface area contributed by atoms with E-state index >= 15 is 0 Å². The van der Waals surface area contributed by atoms with E-state index in [9.17, 15) is 76.6 Å². The van der Waals surface area contributed by atoms with Crippen molar-refractivity contribution in [2.24, 2.45) is 17.3 Å². The number of unbranched alkanes of at least 4 members (excludes halogenated alkanes) is 9. The van der Waals surface area contributed by atoms with Crippen molar-refractivity contribution in [2.45, 2.75) is 189 Å². The molecule has 0 amide bonds. The number of hydrogen-bond acceptors (Lipinski definition) is 22. The van der Waals surface area contributed by atoms with Gasteiger partial charge in [-0.25, -0.2) is 21.6 Å². The molecule has 3 fully saturated rings. The summed E-state index contributed by atoms with van der Waals surface area (Å²) < 4.78 is 73.9. The first-order chi connectivity index (χ1) is 38.9. The molecule has 3 aliphatic carbocycles. The maximum Gasteiger partial charge on any atom is 1.00 e. The average Bonchev–Trinajstić information content (AvgIpc) is 1.90. The van der Waals surface area contributed by atoms with Gasteiger partial charge >= 0.3 is 94.6 Å². The number of nitrogens with one attached hydrogen (secondary N) is 1. The van der Waals surface area contributed by atoms with Crippen molar-refractivity contribution in [3.8, 4) is 5.75 Å². The molecule has 23 nitrogen and oxygen atoms in total. The predicted octanol–water partition coefficient (Wildman–Crippen LogP) is -6.55. The number of fused-ring (bicyclic) bond motifs is 5. The minimum absolute atomic E-state index is 0. The van der Waals surface area contributed by atoms with Gasteiger partial charge in [-0.1, -0.05) is 108 Å². The molecular formula is C56H80ClNNa3O22S2+. The molecule has 85 heavy (non-hydrogen) atoms. The summed E-state index contributed by atoms with van der Waals surface area (Å²) in [5, 5.41) is 96.6. The van der Waals surface area contributed by atoms with Crippen LogP contribution in [0, 0.1) is 17.3 Å². The molecular weight excluding hydrogens is 1210 g/mol. The molecule has 3 aromatic rings. The fourth-order valence-electron chi connectivity index (χ4n) is 11.0. The molecule has 1 heterocycles. The standard InChI is InChI=1S/C25H28O3.C12H22O11.C12H26O4S.C7H6ClNO4S.3Na/c1-25-14-13-20-19-10-8-18(28-24(27)16-5-3-2-4-6-16)15-17(19)7-9-21(20)22(25)11-12-23(25)26;13-1-4(16)7(18)11(5(17)2-14)23-12-10(21)9(20)8(19)6(3-15)22-12;1-2-3-4-5-6-7-8-9-10-11-12-16-17(13,14)15;8-9-14(12,13)6-3-1-5(2-4-6)7(10)11;;;/h2-6,8,10,15,20-23,26H,7,9,11-14H2,1H3;1,4-12,14-21H,2-3H2;2-12H2,1H3,(H,13,14,15);1-4,9H,(H,10,11);;;/q;;;;3*+1/p-2/t20?,21?,22?,23-,25+;4-,5+,6+,7+,8-,9-,10-,11+,12-;;;;;/m10...../s1. The number of carboxylic acids is 1. The van der Waals surface area contributed by atoms with Crippen LogP contribution in [0.4, 0.5) is 0 Å². The second-order valence-electron chi connectivity index (χ2n) is 21.1. The second kappa shape index (κ2) is 40.7. The molecule has 3 aromatic carbocycles. The van der Waals surface area contributed by atoms with Gasteiger partial charge in [-0.2, -0.15) is 0 Å². The normalized spacial score (nSPS) is 25.3. The fraction of sp³-hybridized carbons (Fsp3) is 0.625. The van der Waals surface area contributed by atoms with E-state index in [-0.39, 0.29) is 130 Å². The first-order valence-electron chi connectivity index (χ1n) is 27.6. The summed E-state index contributed by atoms with van der Waals surface area (Å²) in [7, 11) is -8.22. The van der Waals surface area contributed by atoms with Gasteiger partial charge in [-0.3, -0.25) is 4.18 Å². The van der Waals surface area contributed by atoms with Crippen LogP contribution in [0.25, 0.3) is 0 Å². The van der Waals surface area contributed by atoms with Crippen LogP contribution >= 0.6 is 11.8 Å². The van der Waals surface area contributed by atoms with E-state index in [1.165, 1.54) is 68.9 Å². The maximum absolute atomic E-state index is 12.4. The van der Waals surface area contributed by atoms with Crippen molar-refractivity contribution in [2.75, 3.05) is 19.8 Å². The zero-order valence-corrected chi connectivity index (χ0v) is 57.4. The van der Waals surface area contributed by atoms with Crippen LogP contribution in [0.15, 0.2) is 77.7 Å². The van der Waals surface area contributed by atoms with Gasteiger partial charge in [0, 0.05) is 0 Å². The minimum atomic E-state index is -4.48. The molecule has 14 atom stereocenters. The Morgan fingerprint density at radius 3 is 1.94 bits per heavy atom. The number of rotatable bonds is 25. The van der Waals surface area contributed by atoms with Crippen LogP contribution < -0.4 is 103 Å². The summed E-state index contributed by atoms with van der Waals surface area (Å²) in [5.74, 6) is 0.885. The Morgan fingerprint density at radius 2 is 1.40 bits per heavy atom. The molecule has 0 radical (unpaired) electrons. The molecule has 3 unspecified atom stereocenters. The van der Waals surface area contributed by atoms with E-state index in [1.807, 2.05) is 24.3 Å². The number of esters is 1. The van der Waals surface area contributed by atoms with Crippen LogP contribution in [-0.4, -0.2) is 167 Å². The molecule has 10 N–H and O–H groups in total. The van der Waals surface area contributed by atoms with E-state index in [2.05, 4.69) is 30.2 Å². The van der Waals surface area contributed by atoms with Crippen molar-refractivity contribution < 1.29 is 194 Å². The summed E-state index contributed by atoms with van der Waals surface area (Å²) in [4.78, 5) is 33.1.